The van der Waals surface area contributed by atoms with E-state index in [2.05, 4.69) is 93.7 Å². The van der Waals surface area contributed by atoms with Crippen molar-refractivity contribution < 1.29 is 28.6 Å². The molecule has 0 spiro atoms. The van der Waals surface area contributed by atoms with Crippen LogP contribution < -0.4 is 0 Å². The predicted molar refractivity (Wildman–Crippen MR) is 325 cm³/mol. The van der Waals surface area contributed by atoms with Gasteiger partial charge >= 0.3 is 17.9 Å². The molecule has 0 rings (SSSR count). The van der Waals surface area contributed by atoms with Gasteiger partial charge in [-0.25, -0.2) is 0 Å². The lowest BCUT2D eigenvalue weighted by atomic mass is 10.0. The van der Waals surface area contributed by atoms with Crippen molar-refractivity contribution in [1.29, 1.82) is 0 Å². The van der Waals surface area contributed by atoms with E-state index in [1.165, 1.54) is 180 Å². The van der Waals surface area contributed by atoms with Crippen LogP contribution in [0.3, 0.4) is 0 Å². The molecule has 0 aromatic rings. The standard InChI is InChI=1S/C69H122O6/c1-4-7-10-13-16-19-22-25-28-29-30-31-32-33-34-35-36-37-38-39-40-41-42-45-47-50-53-56-59-62-68(71)74-65-66(75-69(72)63-60-57-54-51-48-44-27-24-21-18-15-12-9-6-3)64-73-67(70)61-58-55-52-49-46-43-26-23-20-17-14-11-8-5-2/h14-15,17-18,22-27,29-30,66H,4-13,16,19-21,28,31-65H2,1-3H3/b17-14-,18-15-,25-22-,26-23-,27-24-,30-29-. The maximum absolute atomic E-state index is 12.9. The van der Waals surface area contributed by atoms with E-state index in [-0.39, 0.29) is 31.1 Å². The summed E-state index contributed by atoms with van der Waals surface area (Å²) in [6.07, 6.45) is 82.0. The van der Waals surface area contributed by atoms with Gasteiger partial charge in [-0.05, 0) is 103 Å². The molecule has 0 saturated heterocycles. The van der Waals surface area contributed by atoms with Gasteiger partial charge in [-0.1, -0.05) is 280 Å². The highest BCUT2D eigenvalue weighted by Crippen LogP contribution is 2.17. The summed E-state index contributed by atoms with van der Waals surface area (Å²) < 4.78 is 16.9. The van der Waals surface area contributed by atoms with E-state index in [0.717, 1.165) is 109 Å². The Hall–Kier alpha value is -3.15. The van der Waals surface area contributed by atoms with E-state index >= 15 is 0 Å². The molecule has 0 heterocycles. The molecule has 0 amide bonds. The molecule has 0 aromatic heterocycles. The third-order valence-corrected chi connectivity index (χ3v) is 14.2. The maximum atomic E-state index is 12.9. The minimum absolute atomic E-state index is 0.0835. The fraction of sp³-hybridized carbons (Fsp3) is 0.783. The second kappa shape index (κ2) is 63.4. The second-order valence-electron chi connectivity index (χ2n) is 21.7. The lowest BCUT2D eigenvalue weighted by molar-refractivity contribution is -0.167. The van der Waals surface area contributed by atoms with Crippen LogP contribution in [0.1, 0.15) is 329 Å². The number of hydrogen-bond acceptors (Lipinski definition) is 6. The lowest BCUT2D eigenvalue weighted by Gasteiger charge is -2.18. The number of rotatable bonds is 59. The highest BCUT2D eigenvalue weighted by Gasteiger charge is 2.19. The zero-order valence-corrected chi connectivity index (χ0v) is 49.8. The highest BCUT2D eigenvalue weighted by molar-refractivity contribution is 5.71. The molecule has 6 nitrogen and oxygen atoms in total. The fourth-order valence-corrected chi connectivity index (χ4v) is 9.21. The molecule has 1 unspecified atom stereocenters. The van der Waals surface area contributed by atoms with Crippen LogP contribution in [0.15, 0.2) is 72.9 Å². The summed E-state index contributed by atoms with van der Waals surface area (Å²) in [5, 5.41) is 0. The molecular formula is C69H122O6. The fourth-order valence-electron chi connectivity index (χ4n) is 9.21. The van der Waals surface area contributed by atoms with E-state index in [1.807, 2.05) is 0 Å². The SMILES string of the molecule is CCCC/C=C\C/C=C\CCCCCCCC(=O)OCC(COC(=O)CCCCCCCCCCCCCCCCCCC/C=C\C/C=C\CCCCCCC)OC(=O)CCCCCCC/C=C\C/C=C\CCCC. The van der Waals surface area contributed by atoms with Gasteiger partial charge in [0.05, 0.1) is 0 Å². The van der Waals surface area contributed by atoms with Crippen LogP contribution in [0.4, 0.5) is 0 Å². The van der Waals surface area contributed by atoms with Crippen molar-refractivity contribution in [3.63, 3.8) is 0 Å². The normalized spacial score (nSPS) is 12.5. The van der Waals surface area contributed by atoms with Crippen molar-refractivity contribution >= 4 is 17.9 Å². The van der Waals surface area contributed by atoms with E-state index in [9.17, 15) is 14.4 Å². The van der Waals surface area contributed by atoms with Gasteiger partial charge in [-0.2, -0.15) is 0 Å². The molecule has 0 bridgehead atoms. The molecule has 0 aromatic carbocycles. The molecular weight excluding hydrogens is 925 g/mol. The molecule has 0 saturated carbocycles. The van der Waals surface area contributed by atoms with E-state index in [1.54, 1.807) is 0 Å². The third-order valence-electron chi connectivity index (χ3n) is 14.2. The minimum Gasteiger partial charge on any atom is -0.462 e. The monoisotopic (exact) mass is 1050 g/mol. The van der Waals surface area contributed by atoms with Crippen LogP contribution in [-0.2, 0) is 28.6 Å². The Morgan fingerprint density at radius 2 is 0.493 bits per heavy atom. The number of unbranched alkanes of at least 4 members (excludes halogenated alkanes) is 36. The van der Waals surface area contributed by atoms with Crippen molar-refractivity contribution in [3.8, 4) is 0 Å². The molecule has 0 aliphatic heterocycles. The Labute approximate surface area is 465 Å². The number of carbonyl (C=O) groups excluding carboxylic acids is 3. The number of ether oxygens (including phenoxy) is 3. The largest absolute Gasteiger partial charge is 0.462 e. The van der Waals surface area contributed by atoms with Crippen LogP contribution in [-0.4, -0.2) is 37.2 Å². The minimum atomic E-state index is -0.788. The van der Waals surface area contributed by atoms with Gasteiger partial charge in [0.15, 0.2) is 6.10 Å². The summed E-state index contributed by atoms with van der Waals surface area (Å²) in [7, 11) is 0. The average Bonchev–Trinajstić information content (AvgIpc) is 3.41. The summed E-state index contributed by atoms with van der Waals surface area (Å²) in [5.74, 6) is -0.899. The zero-order valence-electron chi connectivity index (χ0n) is 49.8. The van der Waals surface area contributed by atoms with Gasteiger partial charge in [-0.15, -0.1) is 0 Å². The summed E-state index contributed by atoms with van der Waals surface area (Å²) in [5.41, 5.74) is 0. The summed E-state index contributed by atoms with van der Waals surface area (Å²) in [4.78, 5) is 38.2. The Bertz CT molecular complexity index is 1390. The van der Waals surface area contributed by atoms with Crippen LogP contribution >= 0.6 is 0 Å². The molecule has 1 atom stereocenters. The van der Waals surface area contributed by atoms with Crippen molar-refractivity contribution in [2.75, 3.05) is 13.2 Å². The van der Waals surface area contributed by atoms with Crippen molar-refractivity contribution in [1.82, 2.24) is 0 Å². The molecule has 6 heteroatoms. The van der Waals surface area contributed by atoms with Crippen LogP contribution in [0, 0.1) is 0 Å². The van der Waals surface area contributed by atoms with Crippen molar-refractivity contribution in [2.24, 2.45) is 0 Å². The topological polar surface area (TPSA) is 78.9 Å². The van der Waals surface area contributed by atoms with Gasteiger partial charge in [0, 0.05) is 19.3 Å². The Morgan fingerprint density at radius 1 is 0.267 bits per heavy atom. The maximum Gasteiger partial charge on any atom is 0.306 e. The number of carbonyl (C=O) groups is 3. The predicted octanol–water partition coefficient (Wildman–Crippen LogP) is 22.1. The summed E-state index contributed by atoms with van der Waals surface area (Å²) >= 11 is 0. The number of hydrogen-bond donors (Lipinski definition) is 0. The Morgan fingerprint density at radius 3 is 0.773 bits per heavy atom. The highest BCUT2D eigenvalue weighted by atomic mass is 16.6. The van der Waals surface area contributed by atoms with Crippen LogP contribution in [0.5, 0.6) is 0 Å². The molecule has 0 radical (unpaired) electrons. The summed E-state index contributed by atoms with van der Waals surface area (Å²) in [6, 6.07) is 0. The number of esters is 3. The van der Waals surface area contributed by atoms with Crippen LogP contribution in [0.2, 0.25) is 0 Å². The number of allylic oxidation sites excluding steroid dienone is 12. The van der Waals surface area contributed by atoms with Gasteiger partial charge in [0.25, 0.3) is 0 Å². The molecule has 75 heavy (non-hydrogen) atoms. The van der Waals surface area contributed by atoms with Gasteiger partial charge in [-0.3, -0.25) is 14.4 Å². The molecule has 434 valence electrons. The van der Waals surface area contributed by atoms with Gasteiger partial charge in [0.2, 0.25) is 0 Å². The van der Waals surface area contributed by atoms with Crippen molar-refractivity contribution in [3.05, 3.63) is 72.9 Å². The van der Waals surface area contributed by atoms with Gasteiger partial charge < -0.3 is 14.2 Å². The van der Waals surface area contributed by atoms with Crippen molar-refractivity contribution in [2.45, 2.75) is 335 Å². The first-order chi connectivity index (χ1) is 37.0. The first-order valence-electron chi connectivity index (χ1n) is 32.4. The lowest BCUT2D eigenvalue weighted by Crippen LogP contribution is -2.30. The van der Waals surface area contributed by atoms with E-state index in [0.29, 0.717) is 19.3 Å². The van der Waals surface area contributed by atoms with Gasteiger partial charge in [0.1, 0.15) is 13.2 Å². The zero-order chi connectivity index (χ0) is 54.3. The smallest absolute Gasteiger partial charge is 0.306 e. The Balaban J connectivity index is 4.20. The third kappa shape index (κ3) is 61.6. The second-order valence-corrected chi connectivity index (χ2v) is 21.7. The molecule has 0 fully saturated rings. The quantitative estimate of drug-likeness (QED) is 0.0261. The summed E-state index contributed by atoms with van der Waals surface area (Å²) in [6.45, 7) is 6.56. The van der Waals surface area contributed by atoms with Crippen LogP contribution in [0.25, 0.3) is 0 Å². The Kier molecular flexibility index (Phi) is 60.7. The van der Waals surface area contributed by atoms with E-state index < -0.39 is 6.10 Å². The average molecular weight is 1050 g/mol. The first kappa shape index (κ1) is 71.8. The molecule has 0 N–H and O–H groups in total. The molecule has 0 aliphatic carbocycles. The first-order valence-corrected chi connectivity index (χ1v) is 32.4. The molecule has 0 aliphatic rings. The van der Waals surface area contributed by atoms with E-state index in [4.69, 9.17) is 14.2 Å².